The predicted molar refractivity (Wildman–Crippen MR) is 119 cm³/mol. The Bertz CT molecular complexity index is 1160. The summed E-state index contributed by atoms with van der Waals surface area (Å²) in [6, 6.07) is 13.8. The van der Waals surface area contributed by atoms with Crippen molar-refractivity contribution in [2.45, 2.75) is 25.4 Å². The van der Waals surface area contributed by atoms with Gasteiger partial charge in [-0.15, -0.1) is 0 Å². The molecule has 3 aliphatic heterocycles. The van der Waals surface area contributed by atoms with Crippen molar-refractivity contribution in [2.24, 2.45) is 11.8 Å². The molecule has 158 valence electrons. The number of benzene rings is 2. The highest BCUT2D eigenvalue weighted by atomic mass is 35.5. The highest BCUT2D eigenvalue weighted by Gasteiger charge is 2.71. The number of rotatable bonds is 3. The average molecular weight is 436 g/mol. The van der Waals surface area contributed by atoms with E-state index in [9.17, 15) is 14.4 Å². The van der Waals surface area contributed by atoms with Crippen molar-refractivity contribution in [3.8, 4) is 0 Å². The molecule has 0 unspecified atom stereocenters. The normalized spacial score (nSPS) is 29.1. The van der Waals surface area contributed by atoms with E-state index in [1.807, 2.05) is 38.1 Å². The Hall–Kier alpha value is -2.96. The number of imide groups is 1. The number of anilines is 2. The Balaban J connectivity index is 1.67. The molecule has 5 rings (SSSR count). The van der Waals surface area contributed by atoms with E-state index in [-0.39, 0.29) is 23.8 Å². The van der Waals surface area contributed by atoms with Crippen molar-refractivity contribution in [2.75, 3.05) is 16.3 Å². The van der Waals surface area contributed by atoms with Crippen molar-refractivity contribution in [3.63, 3.8) is 0 Å². The number of nitrogens with zero attached hydrogens (tertiary/aromatic N) is 2. The Kier molecular flexibility index (Phi) is 4.36. The second-order valence-electron chi connectivity index (χ2n) is 8.60. The molecule has 0 aliphatic carbocycles. The molecule has 2 aromatic carbocycles. The smallest absolute Gasteiger partial charge is 0.253 e. The van der Waals surface area contributed by atoms with Crippen LogP contribution in [0.4, 0.5) is 11.4 Å². The van der Waals surface area contributed by atoms with Crippen molar-refractivity contribution in [1.29, 1.82) is 0 Å². The fourth-order valence-corrected chi connectivity index (χ4v) is 5.59. The minimum atomic E-state index is -1.28. The topological polar surface area (TPSA) is 69.7 Å². The SMILES string of the molecule is C=C(C)CN1C(=O)[C@]2(N[C@@H](C)[C@@H]3C(=O)N(c4cccc(Cl)c4)C(=O)[C@H]32)c2ccccc21. The van der Waals surface area contributed by atoms with Gasteiger partial charge in [0, 0.05) is 28.9 Å². The van der Waals surface area contributed by atoms with Gasteiger partial charge in [-0.1, -0.05) is 48.0 Å². The molecule has 0 bridgehead atoms. The second-order valence-corrected chi connectivity index (χ2v) is 9.04. The molecule has 4 atom stereocenters. The van der Waals surface area contributed by atoms with Crippen LogP contribution >= 0.6 is 11.6 Å². The Morgan fingerprint density at radius 3 is 2.58 bits per heavy atom. The van der Waals surface area contributed by atoms with Crippen LogP contribution in [0.25, 0.3) is 0 Å². The number of para-hydroxylation sites is 1. The first-order valence-corrected chi connectivity index (χ1v) is 10.6. The Labute approximate surface area is 185 Å². The second kappa shape index (κ2) is 6.77. The maximum Gasteiger partial charge on any atom is 0.253 e. The zero-order valence-corrected chi connectivity index (χ0v) is 18.0. The van der Waals surface area contributed by atoms with Crippen molar-refractivity contribution < 1.29 is 14.4 Å². The molecule has 1 N–H and O–H groups in total. The van der Waals surface area contributed by atoms with Gasteiger partial charge in [0.15, 0.2) is 0 Å². The van der Waals surface area contributed by atoms with Crippen molar-refractivity contribution >= 4 is 40.7 Å². The number of amides is 3. The van der Waals surface area contributed by atoms with Gasteiger partial charge in [0.1, 0.15) is 5.54 Å². The van der Waals surface area contributed by atoms with E-state index in [1.165, 1.54) is 4.90 Å². The van der Waals surface area contributed by atoms with Crippen LogP contribution in [-0.2, 0) is 19.9 Å². The largest absolute Gasteiger partial charge is 0.306 e. The molecule has 3 aliphatic rings. The van der Waals surface area contributed by atoms with Crippen LogP contribution in [0.2, 0.25) is 5.02 Å². The molecule has 3 amide bonds. The van der Waals surface area contributed by atoms with E-state index in [2.05, 4.69) is 11.9 Å². The van der Waals surface area contributed by atoms with Crippen LogP contribution in [0, 0.1) is 11.8 Å². The minimum Gasteiger partial charge on any atom is -0.306 e. The molecule has 7 heteroatoms. The summed E-state index contributed by atoms with van der Waals surface area (Å²) in [5.41, 5.74) is 1.46. The number of fused-ring (bicyclic) bond motifs is 4. The van der Waals surface area contributed by atoms with E-state index < -0.39 is 17.4 Å². The molecule has 3 heterocycles. The lowest BCUT2D eigenvalue weighted by molar-refractivity contribution is -0.132. The zero-order valence-electron chi connectivity index (χ0n) is 17.3. The van der Waals surface area contributed by atoms with Crippen LogP contribution in [0.5, 0.6) is 0 Å². The van der Waals surface area contributed by atoms with Crippen molar-refractivity contribution in [1.82, 2.24) is 5.32 Å². The molecule has 6 nitrogen and oxygen atoms in total. The van der Waals surface area contributed by atoms with Crippen LogP contribution in [0.15, 0.2) is 60.7 Å². The maximum atomic E-state index is 13.9. The predicted octanol–water partition coefficient (Wildman–Crippen LogP) is 3.26. The molecule has 2 fully saturated rings. The van der Waals surface area contributed by atoms with Gasteiger partial charge >= 0.3 is 0 Å². The molecular weight excluding hydrogens is 414 g/mol. The maximum absolute atomic E-state index is 13.9. The van der Waals surface area contributed by atoms with Crippen LogP contribution in [0.1, 0.15) is 19.4 Å². The average Bonchev–Trinajstić information content (AvgIpc) is 3.26. The van der Waals surface area contributed by atoms with Gasteiger partial charge in [0.25, 0.3) is 5.91 Å². The number of nitrogens with one attached hydrogen (secondary N) is 1. The third kappa shape index (κ3) is 2.58. The molecule has 0 radical (unpaired) electrons. The summed E-state index contributed by atoms with van der Waals surface area (Å²) >= 11 is 6.12. The first-order valence-electron chi connectivity index (χ1n) is 10.2. The fraction of sp³-hybridized carbons (Fsp3) is 0.292. The highest BCUT2D eigenvalue weighted by Crippen LogP contribution is 2.55. The number of halogens is 1. The summed E-state index contributed by atoms with van der Waals surface area (Å²) in [5, 5.41) is 3.81. The number of hydrogen-bond acceptors (Lipinski definition) is 4. The highest BCUT2D eigenvalue weighted by molar-refractivity contribution is 6.31. The van der Waals surface area contributed by atoms with Gasteiger partial charge in [-0.05, 0) is 38.1 Å². The number of hydrogen-bond donors (Lipinski definition) is 1. The molecule has 1 spiro atoms. The first-order chi connectivity index (χ1) is 14.8. The van der Waals surface area contributed by atoms with Crippen LogP contribution in [0.3, 0.4) is 0 Å². The summed E-state index contributed by atoms with van der Waals surface area (Å²) in [4.78, 5) is 43.9. The molecular formula is C24H22ClN3O3. The minimum absolute atomic E-state index is 0.217. The third-order valence-corrected chi connectivity index (χ3v) is 6.74. The van der Waals surface area contributed by atoms with Gasteiger partial charge in [0.05, 0.1) is 17.5 Å². The van der Waals surface area contributed by atoms with E-state index in [1.54, 1.807) is 29.2 Å². The van der Waals surface area contributed by atoms with Gasteiger partial charge < -0.3 is 4.90 Å². The first kappa shape index (κ1) is 20.0. The van der Waals surface area contributed by atoms with E-state index in [4.69, 9.17) is 11.6 Å². The summed E-state index contributed by atoms with van der Waals surface area (Å²) in [7, 11) is 0. The van der Waals surface area contributed by atoms with Gasteiger partial charge in [-0.25, -0.2) is 4.90 Å². The van der Waals surface area contributed by atoms with E-state index in [0.717, 1.165) is 16.8 Å². The van der Waals surface area contributed by atoms with Crippen LogP contribution < -0.4 is 15.1 Å². The van der Waals surface area contributed by atoms with Crippen LogP contribution in [-0.4, -0.2) is 30.3 Å². The van der Waals surface area contributed by atoms with Gasteiger partial charge in [0.2, 0.25) is 11.8 Å². The summed E-state index contributed by atoms with van der Waals surface area (Å²) in [6.45, 7) is 8.02. The summed E-state index contributed by atoms with van der Waals surface area (Å²) in [6.07, 6.45) is 0. The van der Waals surface area contributed by atoms with Gasteiger partial charge in [-0.3, -0.25) is 19.7 Å². The standard InChI is InChI=1S/C24H22ClN3O3/c1-13(2)12-27-18-10-5-4-9-17(18)24(23(27)31)20-19(14(3)26-24)21(29)28(22(20)30)16-8-6-7-15(25)11-16/h4-11,14,19-20,26H,1,12H2,2-3H3/t14-,19-,20-,24-/m0/s1. The zero-order chi connectivity index (χ0) is 22.1. The lowest BCUT2D eigenvalue weighted by atomic mass is 9.76. The van der Waals surface area contributed by atoms with E-state index in [0.29, 0.717) is 17.3 Å². The third-order valence-electron chi connectivity index (χ3n) is 6.51. The molecule has 2 saturated heterocycles. The quantitative estimate of drug-likeness (QED) is 0.593. The monoisotopic (exact) mass is 435 g/mol. The van der Waals surface area contributed by atoms with E-state index >= 15 is 0 Å². The van der Waals surface area contributed by atoms with Gasteiger partial charge in [-0.2, -0.15) is 0 Å². The summed E-state index contributed by atoms with van der Waals surface area (Å²) in [5.74, 6) is -2.39. The summed E-state index contributed by atoms with van der Waals surface area (Å²) < 4.78 is 0. The fourth-order valence-electron chi connectivity index (χ4n) is 5.41. The molecule has 31 heavy (non-hydrogen) atoms. The lowest BCUT2D eigenvalue weighted by Crippen LogP contribution is -2.55. The number of carbonyl (C=O) groups is 3. The Morgan fingerprint density at radius 1 is 1.13 bits per heavy atom. The molecule has 0 saturated carbocycles. The number of carbonyl (C=O) groups excluding carboxylic acids is 3. The molecule has 0 aromatic heterocycles. The lowest BCUT2D eigenvalue weighted by Gasteiger charge is -2.30. The Morgan fingerprint density at radius 2 is 1.87 bits per heavy atom. The molecule has 2 aromatic rings. The van der Waals surface area contributed by atoms with Crippen molar-refractivity contribution in [3.05, 3.63) is 71.3 Å².